The number of hydrogen-bond donors (Lipinski definition) is 0. The van der Waals surface area contributed by atoms with Crippen LogP contribution in [0.2, 0.25) is 0 Å². The predicted molar refractivity (Wildman–Crippen MR) is 288 cm³/mol. The molecule has 0 N–H and O–H groups in total. The fourth-order valence-corrected chi connectivity index (χ4v) is 6.91. The van der Waals surface area contributed by atoms with E-state index in [4.69, 9.17) is 14.2 Å². The number of hydrogen-bond acceptors (Lipinski definition) is 6. The molecule has 0 bridgehead atoms. The van der Waals surface area contributed by atoms with Gasteiger partial charge in [0.25, 0.3) is 0 Å². The molecule has 0 fully saturated rings. The van der Waals surface area contributed by atoms with E-state index in [1.54, 1.807) is 0 Å². The highest BCUT2D eigenvalue weighted by Gasteiger charge is 2.19. The Kier molecular flexibility index (Phi) is 51.0. The quantitative estimate of drug-likeness (QED) is 0.0262. The first kappa shape index (κ1) is 62.8. The Hall–Kier alpha value is -4.19. The van der Waals surface area contributed by atoms with Crippen LogP contribution in [-0.2, 0) is 28.6 Å². The number of ether oxygens (including phenoxy) is 3. The lowest BCUT2D eigenvalue weighted by atomic mass is 10.1. The molecule has 0 spiro atoms. The normalized spacial score (nSPS) is 13.1. The van der Waals surface area contributed by atoms with Gasteiger partial charge in [-0.25, -0.2) is 0 Å². The first-order valence-electron chi connectivity index (χ1n) is 27.0. The third kappa shape index (κ3) is 52.6. The Bertz CT molecular complexity index is 1440. The highest BCUT2D eigenvalue weighted by Crippen LogP contribution is 2.13. The van der Waals surface area contributed by atoms with Gasteiger partial charge in [-0.2, -0.15) is 0 Å². The Balaban J connectivity index is 4.47. The summed E-state index contributed by atoms with van der Waals surface area (Å²) < 4.78 is 16.8. The van der Waals surface area contributed by atoms with Gasteiger partial charge in [-0.1, -0.05) is 206 Å². The third-order valence-corrected chi connectivity index (χ3v) is 10.9. The van der Waals surface area contributed by atoms with E-state index in [-0.39, 0.29) is 31.1 Å². The molecule has 6 nitrogen and oxygen atoms in total. The zero-order valence-electron chi connectivity index (χ0n) is 43.1. The van der Waals surface area contributed by atoms with Crippen molar-refractivity contribution in [2.75, 3.05) is 13.2 Å². The molecule has 0 aliphatic heterocycles. The van der Waals surface area contributed by atoms with Gasteiger partial charge >= 0.3 is 17.9 Å². The maximum Gasteiger partial charge on any atom is 0.306 e. The van der Waals surface area contributed by atoms with Crippen LogP contribution in [0.1, 0.15) is 226 Å². The lowest BCUT2D eigenvalue weighted by Gasteiger charge is -2.18. The Morgan fingerprint density at radius 2 is 0.582 bits per heavy atom. The van der Waals surface area contributed by atoms with Crippen LogP contribution >= 0.6 is 0 Å². The summed E-state index contributed by atoms with van der Waals surface area (Å²) in [6.07, 6.45) is 74.7. The van der Waals surface area contributed by atoms with Crippen molar-refractivity contribution in [3.63, 3.8) is 0 Å². The molecule has 0 amide bonds. The van der Waals surface area contributed by atoms with Crippen molar-refractivity contribution in [2.45, 2.75) is 232 Å². The summed E-state index contributed by atoms with van der Waals surface area (Å²) in [5.41, 5.74) is 0. The van der Waals surface area contributed by atoms with Crippen LogP contribution in [0.5, 0.6) is 0 Å². The Labute approximate surface area is 412 Å². The number of esters is 3. The van der Waals surface area contributed by atoms with Crippen LogP contribution < -0.4 is 0 Å². The average Bonchev–Trinajstić information content (AvgIpc) is 3.33. The average molecular weight is 927 g/mol. The molecular formula is C61H98O6. The second-order valence-electron chi connectivity index (χ2n) is 17.4. The molecule has 0 aliphatic rings. The van der Waals surface area contributed by atoms with E-state index in [2.05, 4.69) is 142 Å². The Morgan fingerprint density at radius 1 is 0.313 bits per heavy atom. The minimum absolute atomic E-state index is 0.102. The van der Waals surface area contributed by atoms with Crippen LogP contribution in [0.3, 0.4) is 0 Å². The summed E-state index contributed by atoms with van der Waals surface area (Å²) in [5, 5.41) is 0. The summed E-state index contributed by atoms with van der Waals surface area (Å²) in [4.78, 5) is 38.0. The van der Waals surface area contributed by atoms with Gasteiger partial charge in [0.15, 0.2) is 6.10 Å². The van der Waals surface area contributed by atoms with Crippen molar-refractivity contribution >= 4 is 17.9 Å². The summed E-state index contributed by atoms with van der Waals surface area (Å²) in [6.45, 7) is 6.31. The molecule has 0 heterocycles. The molecule has 0 rings (SSSR count). The molecule has 0 saturated carbocycles. The third-order valence-electron chi connectivity index (χ3n) is 10.9. The van der Waals surface area contributed by atoms with Crippen LogP contribution in [0.25, 0.3) is 0 Å². The maximum absolute atomic E-state index is 12.8. The molecule has 1 atom stereocenters. The fourth-order valence-electron chi connectivity index (χ4n) is 6.91. The monoisotopic (exact) mass is 927 g/mol. The SMILES string of the molecule is CC/C=C\C/C=C\C/C=C\C/C=C\C/C=C\CCCCCC(=O)OCC(COC(=O)CCCCCCC/C=C\CCCC)OC(=O)CCCCCCCC/C=C\C/C=C\C/C=C\C/C=C\CC. The number of carbonyl (C=O) groups excluding carboxylic acids is 3. The summed E-state index contributed by atoms with van der Waals surface area (Å²) in [7, 11) is 0. The van der Waals surface area contributed by atoms with Crippen molar-refractivity contribution in [3.05, 3.63) is 122 Å². The van der Waals surface area contributed by atoms with Gasteiger partial charge in [-0.3, -0.25) is 14.4 Å². The molecule has 0 aromatic rings. The molecule has 67 heavy (non-hydrogen) atoms. The minimum Gasteiger partial charge on any atom is -0.462 e. The van der Waals surface area contributed by atoms with Gasteiger partial charge in [-0.05, 0) is 122 Å². The van der Waals surface area contributed by atoms with Crippen molar-refractivity contribution < 1.29 is 28.6 Å². The summed E-state index contributed by atoms with van der Waals surface area (Å²) in [6, 6.07) is 0. The van der Waals surface area contributed by atoms with Gasteiger partial charge in [0.2, 0.25) is 0 Å². The topological polar surface area (TPSA) is 78.9 Å². The molecule has 0 aromatic carbocycles. The van der Waals surface area contributed by atoms with E-state index in [0.29, 0.717) is 19.3 Å². The second kappa shape index (κ2) is 54.4. The van der Waals surface area contributed by atoms with E-state index in [0.717, 1.165) is 148 Å². The summed E-state index contributed by atoms with van der Waals surface area (Å²) in [5.74, 6) is -0.965. The highest BCUT2D eigenvalue weighted by molar-refractivity contribution is 5.71. The second-order valence-corrected chi connectivity index (χ2v) is 17.4. The van der Waals surface area contributed by atoms with E-state index in [9.17, 15) is 14.4 Å². The van der Waals surface area contributed by atoms with Crippen molar-refractivity contribution in [2.24, 2.45) is 0 Å². The molecule has 378 valence electrons. The van der Waals surface area contributed by atoms with Crippen LogP contribution in [-0.4, -0.2) is 37.2 Å². The molecule has 0 aromatic heterocycles. The highest BCUT2D eigenvalue weighted by atomic mass is 16.6. The fraction of sp³-hybridized carbons (Fsp3) is 0.623. The molecule has 0 saturated heterocycles. The van der Waals surface area contributed by atoms with Crippen LogP contribution in [0, 0.1) is 0 Å². The number of carbonyl (C=O) groups is 3. The van der Waals surface area contributed by atoms with E-state index in [1.807, 2.05) is 0 Å². The lowest BCUT2D eigenvalue weighted by Crippen LogP contribution is -2.30. The number of unbranched alkanes of at least 4 members (excludes halogenated alkanes) is 16. The zero-order valence-corrected chi connectivity index (χ0v) is 43.1. The largest absolute Gasteiger partial charge is 0.462 e. The van der Waals surface area contributed by atoms with E-state index < -0.39 is 6.10 Å². The zero-order chi connectivity index (χ0) is 48.6. The maximum atomic E-state index is 12.8. The smallest absolute Gasteiger partial charge is 0.306 e. The predicted octanol–water partition coefficient (Wildman–Crippen LogP) is 18.1. The first-order chi connectivity index (χ1) is 33.0. The van der Waals surface area contributed by atoms with Crippen LogP contribution in [0.15, 0.2) is 122 Å². The number of allylic oxidation sites excluding steroid dienone is 20. The lowest BCUT2D eigenvalue weighted by molar-refractivity contribution is -0.167. The van der Waals surface area contributed by atoms with Crippen molar-refractivity contribution in [1.82, 2.24) is 0 Å². The van der Waals surface area contributed by atoms with Gasteiger partial charge in [0, 0.05) is 19.3 Å². The molecule has 0 aliphatic carbocycles. The number of rotatable bonds is 47. The van der Waals surface area contributed by atoms with Crippen molar-refractivity contribution in [3.8, 4) is 0 Å². The summed E-state index contributed by atoms with van der Waals surface area (Å²) >= 11 is 0. The van der Waals surface area contributed by atoms with Crippen molar-refractivity contribution in [1.29, 1.82) is 0 Å². The standard InChI is InChI=1S/C61H98O6/c1-4-7-10-13-16-19-22-24-26-28-30-32-34-36-39-42-45-48-51-54-60(63)66-57-58(56-65-59(62)53-50-47-44-41-38-21-18-15-12-9-6-3)67-61(64)55-52-49-46-43-40-37-35-33-31-29-27-25-23-20-17-14-11-8-5-2/h7-8,10-11,15-20,24-27,30-33,36,39,58H,4-6,9,12-14,21-23,28-29,34-35,37-38,40-57H2,1-3H3/b10-7-,11-8-,18-15-,19-16-,20-17-,26-24-,27-25-,32-30-,33-31-,39-36-. The van der Waals surface area contributed by atoms with Gasteiger partial charge in [0.1, 0.15) is 13.2 Å². The van der Waals surface area contributed by atoms with Crippen LogP contribution in [0.4, 0.5) is 0 Å². The molecule has 0 radical (unpaired) electrons. The Morgan fingerprint density at radius 3 is 0.940 bits per heavy atom. The first-order valence-corrected chi connectivity index (χ1v) is 27.0. The molecular weight excluding hydrogens is 829 g/mol. The molecule has 1 unspecified atom stereocenters. The van der Waals surface area contributed by atoms with E-state index >= 15 is 0 Å². The van der Waals surface area contributed by atoms with Gasteiger partial charge < -0.3 is 14.2 Å². The van der Waals surface area contributed by atoms with Gasteiger partial charge in [-0.15, -0.1) is 0 Å². The minimum atomic E-state index is -0.806. The van der Waals surface area contributed by atoms with E-state index in [1.165, 1.54) is 38.5 Å². The molecule has 6 heteroatoms. The van der Waals surface area contributed by atoms with Gasteiger partial charge in [0.05, 0.1) is 0 Å².